The van der Waals surface area contributed by atoms with E-state index in [4.69, 9.17) is 4.74 Å². The number of amides is 1. The van der Waals surface area contributed by atoms with Crippen molar-refractivity contribution in [3.8, 4) is 29.1 Å². The Hall–Kier alpha value is -4.44. The van der Waals surface area contributed by atoms with E-state index in [1.54, 1.807) is 4.90 Å². The van der Waals surface area contributed by atoms with E-state index in [0.717, 1.165) is 25.5 Å². The molecule has 4 heterocycles. The maximum atomic E-state index is 16.0. The molecule has 2 aromatic heterocycles. The molecule has 5 rings (SSSR count). The summed E-state index contributed by atoms with van der Waals surface area (Å²) in [5, 5.41) is 19.8. The number of hydrogen-bond acceptors (Lipinski definition) is 9. The number of hydrogen-bond donors (Lipinski definition) is 1. The van der Waals surface area contributed by atoms with Crippen LogP contribution in [0.2, 0.25) is 0 Å². The molecule has 0 saturated carbocycles. The lowest BCUT2D eigenvalue weighted by Crippen LogP contribution is -2.55. The third-order valence-electron chi connectivity index (χ3n) is 7.55. The van der Waals surface area contributed by atoms with Crippen LogP contribution in [0, 0.1) is 23.0 Å². The number of nitrogens with zero attached hydrogens (tertiary/aromatic N) is 7. The zero-order valence-electron chi connectivity index (χ0n) is 22.4. The Morgan fingerprint density at radius 1 is 1.24 bits per heavy atom. The Morgan fingerprint density at radius 2 is 2.05 bits per heavy atom. The number of benzene rings is 1. The summed E-state index contributed by atoms with van der Waals surface area (Å²) in [5.74, 6) is -4.12. The molecule has 1 aromatic carbocycles. The average Bonchev–Trinajstić information content (AvgIpc) is 3.37. The Labute approximate surface area is 234 Å². The van der Waals surface area contributed by atoms with E-state index < -0.39 is 46.4 Å². The SMILES string of the molecule is C=C(F)C(=O)N1CCN(c2nc(OC[C@@H]3CCCN3C)nc3c(F)c(-c4c(O)cccc4F)ncc23)C[C@@H]1CC#N. The molecular formula is C28H28F3N7O3. The van der Waals surface area contributed by atoms with E-state index in [2.05, 4.69) is 26.4 Å². The first-order chi connectivity index (χ1) is 19.7. The van der Waals surface area contributed by atoms with Gasteiger partial charge in [-0.25, -0.2) is 13.2 Å². The average molecular weight is 568 g/mol. The Kier molecular flexibility index (Phi) is 7.94. The number of carbonyl (C=O) groups excluding carboxylic acids is 1. The summed E-state index contributed by atoms with van der Waals surface area (Å²) in [6, 6.07) is 4.93. The van der Waals surface area contributed by atoms with Crippen LogP contribution in [0.25, 0.3) is 22.2 Å². The van der Waals surface area contributed by atoms with Crippen molar-refractivity contribution < 1.29 is 27.8 Å². The van der Waals surface area contributed by atoms with Crippen LogP contribution in [0.5, 0.6) is 11.8 Å². The van der Waals surface area contributed by atoms with Crippen molar-refractivity contribution in [2.24, 2.45) is 0 Å². The Balaban J connectivity index is 1.58. The number of likely N-dealkylation sites (N-methyl/N-ethyl adjacent to an activating group) is 1. The molecule has 0 spiro atoms. The molecule has 0 aliphatic carbocycles. The predicted molar refractivity (Wildman–Crippen MR) is 144 cm³/mol. The van der Waals surface area contributed by atoms with Gasteiger partial charge in [0.05, 0.1) is 29.5 Å². The van der Waals surface area contributed by atoms with Crippen molar-refractivity contribution in [3.05, 3.63) is 48.4 Å². The molecule has 2 fully saturated rings. The summed E-state index contributed by atoms with van der Waals surface area (Å²) in [5.41, 5.74) is -1.04. The van der Waals surface area contributed by atoms with Gasteiger partial charge in [0.25, 0.3) is 5.91 Å². The van der Waals surface area contributed by atoms with Crippen LogP contribution < -0.4 is 9.64 Å². The first-order valence-corrected chi connectivity index (χ1v) is 13.1. The monoisotopic (exact) mass is 567 g/mol. The maximum Gasteiger partial charge on any atom is 0.319 e. The van der Waals surface area contributed by atoms with Gasteiger partial charge in [-0.3, -0.25) is 9.78 Å². The smallest absolute Gasteiger partial charge is 0.319 e. The van der Waals surface area contributed by atoms with Crippen LogP contribution in [0.4, 0.5) is 19.0 Å². The molecule has 2 saturated heterocycles. The van der Waals surface area contributed by atoms with Crippen molar-refractivity contribution in [3.63, 3.8) is 0 Å². The molecule has 0 unspecified atom stereocenters. The lowest BCUT2D eigenvalue weighted by atomic mass is 10.1. The van der Waals surface area contributed by atoms with Gasteiger partial charge in [-0.15, -0.1) is 0 Å². The highest BCUT2D eigenvalue weighted by Gasteiger charge is 2.34. The minimum absolute atomic E-state index is 0.0553. The number of phenolic OH excluding ortho intramolecular Hbond substituents is 1. The van der Waals surface area contributed by atoms with E-state index in [0.29, 0.717) is 0 Å². The number of carbonyl (C=O) groups is 1. The van der Waals surface area contributed by atoms with Crippen molar-refractivity contribution in [1.82, 2.24) is 24.8 Å². The lowest BCUT2D eigenvalue weighted by Gasteiger charge is -2.41. The van der Waals surface area contributed by atoms with Gasteiger partial charge in [0.2, 0.25) is 0 Å². The molecule has 10 nitrogen and oxygen atoms in total. The standard InChI is InChI=1S/C28H28F3N7O3/c1-16(29)27(40)38-12-11-37(14-17(38)8-9-32)26-19-13-33-25(22-20(30)6-3-7-21(22)39)23(31)24(19)34-28(35-26)41-15-18-5-4-10-36(18)2/h3,6-7,13,17-18,39H,1,4-5,8,10-12,14-15H2,2H3/t17-,18-/m0/s1. The zero-order valence-corrected chi connectivity index (χ0v) is 22.4. The fourth-order valence-electron chi connectivity index (χ4n) is 5.36. The van der Waals surface area contributed by atoms with E-state index in [1.165, 1.54) is 23.2 Å². The maximum absolute atomic E-state index is 16.0. The number of piperazine rings is 1. The lowest BCUT2D eigenvalue weighted by molar-refractivity contribution is -0.131. The van der Waals surface area contributed by atoms with Crippen LogP contribution in [0.1, 0.15) is 19.3 Å². The highest BCUT2D eigenvalue weighted by atomic mass is 19.1. The third-order valence-corrected chi connectivity index (χ3v) is 7.55. The number of ether oxygens (including phenoxy) is 1. The summed E-state index contributed by atoms with van der Waals surface area (Å²) in [4.78, 5) is 30.5. The van der Waals surface area contributed by atoms with Gasteiger partial charge in [-0.05, 0) is 38.6 Å². The topological polar surface area (TPSA) is 119 Å². The largest absolute Gasteiger partial charge is 0.507 e. The third kappa shape index (κ3) is 5.47. The van der Waals surface area contributed by atoms with Gasteiger partial charge in [0.1, 0.15) is 35.2 Å². The molecule has 41 heavy (non-hydrogen) atoms. The van der Waals surface area contributed by atoms with Gasteiger partial charge >= 0.3 is 6.01 Å². The van der Waals surface area contributed by atoms with Crippen molar-refractivity contribution in [2.45, 2.75) is 31.3 Å². The van der Waals surface area contributed by atoms with Crippen LogP contribution >= 0.6 is 0 Å². The van der Waals surface area contributed by atoms with Crippen LogP contribution in [-0.2, 0) is 4.79 Å². The number of nitriles is 1. The van der Waals surface area contributed by atoms with E-state index in [1.807, 2.05) is 13.1 Å². The van der Waals surface area contributed by atoms with Crippen molar-refractivity contribution >= 4 is 22.6 Å². The molecule has 1 N–H and O–H groups in total. The van der Waals surface area contributed by atoms with E-state index >= 15 is 4.39 Å². The highest BCUT2D eigenvalue weighted by Crippen LogP contribution is 2.37. The Bertz CT molecular complexity index is 1530. The molecule has 1 amide bonds. The van der Waals surface area contributed by atoms with Gasteiger partial charge < -0.3 is 24.5 Å². The minimum Gasteiger partial charge on any atom is -0.507 e. The summed E-state index contributed by atoms with van der Waals surface area (Å²) in [7, 11) is 1.98. The molecule has 13 heteroatoms. The second-order valence-electron chi connectivity index (χ2n) is 10.1. The molecule has 214 valence electrons. The zero-order chi connectivity index (χ0) is 29.3. The van der Waals surface area contributed by atoms with Gasteiger partial charge in [-0.1, -0.05) is 12.6 Å². The number of aromatic nitrogens is 3. The van der Waals surface area contributed by atoms with Crippen molar-refractivity contribution in [2.75, 3.05) is 44.7 Å². The molecule has 2 atom stereocenters. The van der Waals surface area contributed by atoms with Crippen molar-refractivity contribution in [1.29, 1.82) is 5.26 Å². The molecule has 0 bridgehead atoms. The number of phenols is 1. The number of likely N-dealkylation sites (tertiary alicyclic amines) is 1. The Morgan fingerprint density at radius 3 is 2.73 bits per heavy atom. The number of fused-ring (bicyclic) bond motifs is 1. The fraction of sp³-hybridized carbons (Fsp3) is 0.393. The predicted octanol–water partition coefficient (Wildman–Crippen LogP) is 3.56. The normalized spacial score (nSPS) is 19.4. The summed E-state index contributed by atoms with van der Waals surface area (Å²) in [6.45, 7) is 4.57. The van der Waals surface area contributed by atoms with Crippen LogP contribution in [0.3, 0.4) is 0 Å². The highest BCUT2D eigenvalue weighted by molar-refractivity contribution is 5.93. The summed E-state index contributed by atoms with van der Waals surface area (Å²) < 4.78 is 50.3. The number of aromatic hydroxyl groups is 1. The molecule has 2 aliphatic rings. The molecule has 3 aromatic rings. The molecule has 0 radical (unpaired) electrons. The molecular weight excluding hydrogens is 539 g/mol. The second-order valence-corrected chi connectivity index (χ2v) is 10.1. The first-order valence-electron chi connectivity index (χ1n) is 13.1. The second kappa shape index (κ2) is 11.6. The van der Waals surface area contributed by atoms with Gasteiger partial charge in [-0.2, -0.15) is 15.2 Å². The number of anilines is 1. The van der Waals surface area contributed by atoms with E-state index in [9.17, 15) is 23.9 Å². The van der Waals surface area contributed by atoms with Gasteiger partial charge in [0, 0.05) is 31.9 Å². The summed E-state index contributed by atoms with van der Waals surface area (Å²) in [6.07, 6.45) is 3.12. The van der Waals surface area contributed by atoms with Crippen LogP contribution in [-0.4, -0.2) is 87.7 Å². The molecule has 2 aliphatic heterocycles. The fourth-order valence-corrected chi connectivity index (χ4v) is 5.36. The number of pyridine rings is 1. The number of rotatable bonds is 7. The number of halogens is 3. The first kappa shape index (κ1) is 28.1. The quantitative estimate of drug-likeness (QED) is 0.428. The van der Waals surface area contributed by atoms with Gasteiger partial charge in [0.15, 0.2) is 11.6 Å². The van der Waals surface area contributed by atoms with Crippen LogP contribution in [0.15, 0.2) is 36.8 Å². The minimum atomic E-state index is -1.13. The summed E-state index contributed by atoms with van der Waals surface area (Å²) >= 11 is 0. The van der Waals surface area contributed by atoms with E-state index in [-0.39, 0.29) is 61.4 Å².